The second kappa shape index (κ2) is 8.94. The van der Waals surface area contributed by atoms with Crippen LogP contribution in [0.2, 0.25) is 5.15 Å². The number of nitrogens with one attached hydrogen (secondary N) is 2. The summed E-state index contributed by atoms with van der Waals surface area (Å²) in [6.07, 6.45) is 0.173. The van der Waals surface area contributed by atoms with Crippen molar-refractivity contribution in [2.75, 3.05) is 5.32 Å². The molecule has 0 aliphatic heterocycles. The first-order chi connectivity index (χ1) is 14.4. The standard InChI is InChI=1S/C20H25ClF3N5O2/c1-19(2,3)31-18(30)27-13-5-4-12(8-13)26-16-9-17(21)25-10-14(16)15-6-7-29(28-15)11-20(22,23)24/h6-7,9-10,12-13H,4-5,8,11H2,1-3H3,(H,25,26)(H,27,30)/t12-,13+/m0/s1. The van der Waals surface area contributed by atoms with Gasteiger partial charge in [0.15, 0.2) is 0 Å². The number of ether oxygens (including phenoxy) is 1. The van der Waals surface area contributed by atoms with E-state index < -0.39 is 24.4 Å². The van der Waals surface area contributed by atoms with Crippen LogP contribution in [0.5, 0.6) is 0 Å². The Labute approximate surface area is 183 Å². The molecule has 0 bridgehead atoms. The van der Waals surface area contributed by atoms with Crippen molar-refractivity contribution in [2.24, 2.45) is 0 Å². The van der Waals surface area contributed by atoms with Gasteiger partial charge in [-0.2, -0.15) is 18.3 Å². The Morgan fingerprint density at radius 1 is 1.29 bits per heavy atom. The van der Waals surface area contributed by atoms with Crippen LogP contribution in [0.15, 0.2) is 24.5 Å². The quantitative estimate of drug-likeness (QED) is 0.614. The highest BCUT2D eigenvalue weighted by Gasteiger charge is 2.30. The van der Waals surface area contributed by atoms with Crippen LogP contribution in [0.3, 0.4) is 0 Å². The van der Waals surface area contributed by atoms with E-state index in [1.165, 1.54) is 18.5 Å². The number of alkyl carbamates (subject to hydrolysis) is 1. The fourth-order valence-corrected chi connectivity index (χ4v) is 3.63. The monoisotopic (exact) mass is 459 g/mol. The summed E-state index contributed by atoms with van der Waals surface area (Å²) in [7, 11) is 0. The van der Waals surface area contributed by atoms with E-state index in [1.54, 1.807) is 26.8 Å². The smallest absolute Gasteiger partial charge is 0.408 e. The van der Waals surface area contributed by atoms with Crippen LogP contribution >= 0.6 is 11.6 Å². The summed E-state index contributed by atoms with van der Waals surface area (Å²) in [6.45, 7) is 4.24. The van der Waals surface area contributed by atoms with Gasteiger partial charge in [-0.05, 0) is 52.2 Å². The van der Waals surface area contributed by atoms with Crippen molar-refractivity contribution < 1.29 is 22.7 Å². The Hall–Kier alpha value is -2.49. The molecule has 7 nitrogen and oxygen atoms in total. The zero-order valence-electron chi connectivity index (χ0n) is 17.5. The van der Waals surface area contributed by atoms with Crippen LogP contribution in [0.4, 0.5) is 23.7 Å². The Bertz CT molecular complexity index is 926. The van der Waals surface area contributed by atoms with E-state index in [-0.39, 0.29) is 17.2 Å². The molecule has 0 spiro atoms. The molecule has 1 saturated carbocycles. The van der Waals surface area contributed by atoms with Crippen LogP contribution in [-0.4, -0.2) is 44.7 Å². The highest BCUT2D eigenvalue weighted by Crippen LogP contribution is 2.32. The average Bonchev–Trinajstić information content (AvgIpc) is 3.21. The summed E-state index contributed by atoms with van der Waals surface area (Å²) in [5.41, 5.74) is 0.963. The molecule has 1 amide bonds. The number of pyridine rings is 1. The predicted molar refractivity (Wildman–Crippen MR) is 111 cm³/mol. The number of nitrogens with zero attached hydrogens (tertiary/aromatic N) is 3. The maximum absolute atomic E-state index is 12.6. The number of rotatable bonds is 5. The number of hydrogen-bond acceptors (Lipinski definition) is 5. The van der Waals surface area contributed by atoms with Crippen LogP contribution in [0, 0.1) is 0 Å². The van der Waals surface area contributed by atoms with Crippen molar-refractivity contribution in [1.29, 1.82) is 0 Å². The zero-order valence-corrected chi connectivity index (χ0v) is 18.2. The SMILES string of the molecule is CC(C)(C)OC(=O)N[C@@H]1CC[C@H](Nc2cc(Cl)ncc2-c2ccn(CC(F)(F)F)n2)C1. The van der Waals surface area contributed by atoms with Gasteiger partial charge in [0.05, 0.1) is 5.69 Å². The summed E-state index contributed by atoms with van der Waals surface area (Å²) in [5, 5.41) is 10.5. The zero-order chi connectivity index (χ0) is 22.8. The first kappa shape index (κ1) is 23.2. The van der Waals surface area contributed by atoms with E-state index in [2.05, 4.69) is 20.7 Å². The van der Waals surface area contributed by atoms with Crippen LogP contribution < -0.4 is 10.6 Å². The fourth-order valence-electron chi connectivity index (χ4n) is 3.47. The van der Waals surface area contributed by atoms with Gasteiger partial charge in [-0.1, -0.05) is 11.6 Å². The van der Waals surface area contributed by atoms with Crippen molar-refractivity contribution in [2.45, 2.75) is 70.4 Å². The Balaban J connectivity index is 1.67. The summed E-state index contributed by atoms with van der Waals surface area (Å²) < 4.78 is 44.0. The second-order valence-electron chi connectivity index (χ2n) is 8.56. The van der Waals surface area contributed by atoms with Gasteiger partial charge in [0.2, 0.25) is 0 Å². The molecule has 11 heteroatoms. The molecular formula is C20H25ClF3N5O2. The van der Waals surface area contributed by atoms with E-state index >= 15 is 0 Å². The lowest BCUT2D eigenvalue weighted by Gasteiger charge is -2.22. The van der Waals surface area contributed by atoms with E-state index in [1.807, 2.05) is 0 Å². The van der Waals surface area contributed by atoms with Crippen molar-refractivity contribution >= 4 is 23.4 Å². The van der Waals surface area contributed by atoms with Gasteiger partial charge in [-0.3, -0.25) is 4.68 Å². The van der Waals surface area contributed by atoms with Crippen LogP contribution in [0.1, 0.15) is 40.0 Å². The molecule has 1 aliphatic rings. The molecule has 0 radical (unpaired) electrons. The topological polar surface area (TPSA) is 81.1 Å². The maximum atomic E-state index is 12.6. The lowest BCUT2D eigenvalue weighted by atomic mass is 10.1. The fraction of sp³-hybridized carbons (Fsp3) is 0.550. The lowest BCUT2D eigenvalue weighted by Crippen LogP contribution is -2.38. The highest BCUT2D eigenvalue weighted by molar-refractivity contribution is 6.29. The van der Waals surface area contributed by atoms with Gasteiger partial charge in [0.25, 0.3) is 0 Å². The number of amides is 1. The molecule has 2 atom stereocenters. The Kier molecular flexibility index (Phi) is 6.68. The van der Waals surface area contributed by atoms with E-state index in [9.17, 15) is 18.0 Å². The summed E-state index contributed by atoms with van der Waals surface area (Å²) in [4.78, 5) is 16.0. The second-order valence-corrected chi connectivity index (χ2v) is 8.95. The highest BCUT2D eigenvalue weighted by atomic mass is 35.5. The minimum atomic E-state index is -4.36. The number of carbonyl (C=O) groups is 1. The largest absolute Gasteiger partial charge is 0.444 e. The van der Waals surface area contributed by atoms with Gasteiger partial charge < -0.3 is 15.4 Å². The van der Waals surface area contributed by atoms with Crippen molar-refractivity contribution in [3.05, 3.63) is 29.7 Å². The molecule has 2 N–H and O–H groups in total. The maximum Gasteiger partial charge on any atom is 0.408 e. The number of aromatic nitrogens is 3. The summed E-state index contributed by atoms with van der Waals surface area (Å²) in [6, 6.07) is 3.12. The number of anilines is 1. The van der Waals surface area contributed by atoms with Gasteiger partial charge in [0.1, 0.15) is 17.3 Å². The molecule has 0 saturated heterocycles. The minimum absolute atomic E-state index is 0.0365. The summed E-state index contributed by atoms with van der Waals surface area (Å²) >= 11 is 6.04. The van der Waals surface area contributed by atoms with Crippen molar-refractivity contribution in [3.8, 4) is 11.3 Å². The van der Waals surface area contributed by atoms with Crippen molar-refractivity contribution in [3.63, 3.8) is 0 Å². The molecule has 31 heavy (non-hydrogen) atoms. The van der Waals surface area contributed by atoms with Gasteiger partial charge in [-0.25, -0.2) is 9.78 Å². The summed E-state index contributed by atoms with van der Waals surface area (Å²) in [5.74, 6) is 0. The Morgan fingerprint density at radius 3 is 2.68 bits per heavy atom. The number of halogens is 4. The molecular weight excluding hydrogens is 435 g/mol. The number of hydrogen-bond donors (Lipinski definition) is 2. The van der Waals surface area contributed by atoms with E-state index in [4.69, 9.17) is 16.3 Å². The van der Waals surface area contributed by atoms with Gasteiger partial charge >= 0.3 is 12.3 Å². The minimum Gasteiger partial charge on any atom is -0.444 e. The molecule has 0 unspecified atom stereocenters. The third-order valence-electron chi connectivity index (χ3n) is 4.64. The Morgan fingerprint density at radius 2 is 2.00 bits per heavy atom. The van der Waals surface area contributed by atoms with Gasteiger partial charge in [0, 0.05) is 35.7 Å². The first-order valence-corrected chi connectivity index (χ1v) is 10.3. The molecule has 1 aliphatic carbocycles. The van der Waals surface area contributed by atoms with Crippen LogP contribution in [-0.2, 0) is 11.3 Å². The molecule has 3 rings (SSSR count). The molecule has 0 aromatic carbocycles. The molecule has 170 valence electrons. The molecule has 2 heterocycles. The van der Waals surface area contributed by atoms with Gasteiger partial charge in [-0.15, -0.1) is 0 Å². The average molecular weight is 460 g/mol. The third-order valence-corrected chi connectivity index (χ3v) is 4.85. The number of carbonyl (C=O) groups excluding carboxylic acids is 1. The molecule has 2 aromatic heterocycles. The molecule has 2 aromatic rings. The van der Waals surface area contributed by atoms with Crippen molar-refractivity contribution in [1.82, 2.24) is 20.1 Å². The number of alkyl halides is 3. The van der Waals surface area contributed by atoms with Crippen LogP contribution in [0.25, 0.3) is 11.3 Å². The predicted octanol–water partition coefficient (Wildman–Crippen LogP) is 5.02. The van der Waals surface area contributed by atoms with E-state index in [0.717, 1.165) is 17.5 Å². The molecule has 1 fully saturated rings. The third kappa shape index (κ3) is 7.02. The normalized spacial score (nSPS) is 19.3. The first-order valence-electron chi connectivity index (χ1n) is 9.90. The van der Waals surface area contributed by atoms with E-state index in [0.29, 0.717) is 23.4 Å². The lowest BCUT2D eigenvalue weighted by molar-refractivity contribution is -0.142.